The minimum Gasteiger partial charge on any atom is -0.396 e. The van der Waals surface area contributed by atoms with Gasteiger partial charge in [0.05, 0.1) is 6.10 Å². The van der Waals surface area contributed by atoms with Crippen LogP contribution in [0.25, 0.3) is 0 Å². The van der Waals surface area contributed by atoms with Gasteiger partial charge in [0.15, 0.2) is 0 Å². The highest BCUT2D eigenvalue weighted by atomic mass is 16.3. The molecule has 94 valence electrons. The first-order chi connectivity index (χ1) is 8.20. The van der Waals surface area contributed by atoms with Crippen molar-refractivity contribution in [2.24, 2.45) is 0 Å². The fourth-order valence-electron chi connectivity index (χ4n) is 1.02. The van der Waals surface area contributed by atoms with Gasteiger partial charge in [-0.05, 0) is 49.7 Å². The van der Waals surface area contributed by atoms with Crippen LogP contribution in [-0.4, -0.2) is 34.1 Å². The zero-order valence-electron chi connectivity index (χ0n) is 10.2. The summed E-state index contributed by atoms with van der Waals surface area (Å²) >= 11 is 0. The molecule has 0 spiro atoms. The van der Waals surface area contributed by atoms with Crippen molar-refractivity contribution in [1.82, 2.24) is 0 Å². The number of aliphatic hydroxyl groups is 3. The fraction of sp³-hybridized carbons (Fsp3) is 0.571. The van der Waals surface area contributed by atoms with Gasteiger partial charge in [0, 0.05) is 6.61 Å². The monoisotopic (exact) mass is 236 g/mol. The number of hydrogen-bond donors (Lipinski definition) is 3. The second-order valence-electron chi connectivity index (χ2n) is 3.61. The highest BCUT2D eigenvalue weighted by Crippen LogP contribution is 2.00. The number of unbranched alkanes of at least 4 members (excludes halogenated alkanes) is 1. The van der Waals surface area contributed by atoms with Crippen molar-refractivity contribution < 1.29 is 15.3 Å². The lowest BCUT2D eigenvalue weighted by molar-refractivity contribution is 0.201. The van der Waals surface area contributed by atoms with E-state index in [1.165, 1.54) is 0 Å². The van der Waals surface area contributed by atoms with Gasteiger partial charge in [-0.1, -0.05) is 18.8 Å². The lowest BCUT2D eigenvalue weighted by Gasteiger charge is -2.02. The molecule has 0 aromatic heterocycles. The average Bonchev–Trinajstić information content (AvgIpc) is 2.33. The van der Waals surface area contributed by atoms with Crippen LogP contribution in [0.5, 0.6) is 0 Å². The molecule has 0 amide bonds. The van der Waals surface area contributed by atoms with Crippen LogP contribution < -0.4 is 0 Å². The molecule has 0 fully saturated rings. The summed E-state index contributed by atoms with van der Waals surface area (Å²) in [6.07, 6.45) is 4.73. The molecule has 0 heterocycles. The smallest absolute Gasteiger partial charge is 0.115 e. The SMILES string of the molecule is CCC(O)C#CC#CC=CC(O)CCCCO. The van der Waals surface area contributed by atoms with Gasteiger partial charge in [0.2, 0.25) is 0 Å². The van der Waals surface area contributed by atoms with E-state index in [9.17, 15) is 5.11 Å². The zero-order valence-corrected chi connectivity index (χ0v) is 10.2. The van der Waals surface area contributed by atoms with E-state index in [2.05, 4.69) is 23.7 Å². The highest BCUT2D eigenvalue weighted by molar-refractivity contribution is 5.31. The van der Waals surface area contributed by atoms with Gasteiger partial charge in [-0.2, -0.15) is 0 Å². The third-order valence-electron chi connectivity index (χ3n) is 2.07. The second kappa shape index (κ2) is 11.2. The maximum absolute atomic E-state index is 9.45. The molecule has 2 unspecified atom stereocenters. The third kappa shape index (κ3) is 11.0. The number of rotatable bonds is 6. The average molecular weight is 236 g/mol. The molecule has 0 bridgehead atoms. The van der Waals surface area contributed by atoms with E-state index in [1.807, 2.05) is 6.92 Å². The number of allylic oxidation sites excluding steroid dienone is 1. The first-order valence-electron chi connectivity index (χ1n) is 5.85. The minimum atomic E-state index is -0.614. The molecular weight excluding hydrogens is 216 g/mol. The lowest BCUT2D eigenvalue weighted by Crippen LogP contribution is -2.01. The van der Waals surface area contributed by atoms with E-state index in [4.69, 9.17) is 10.2 Å². The van der Waals surface area contributed by atoms with E-state index in [0.717, 1.165) is 6.42 Å². The van der Waals surface area contributed by atoms with Crippen molar-refractivity contribution in [3.63, 3.8) is 0 Å². The molecule has 3 nitrogen and oxygen atoms in total. The predicted octanol–water partition coefficient (Wildman–Crippen LogP) is 0.844. The van der Waals surface area contributed by atoms with Crippen LogP contribution >= 0.6 is 0 Å². The molecule has 0 aliphatic heterocycles. The summed E-state index contributed by atoms with van der Waals surface area (Å²) in [7, 11) is 0. The Hall–Kier alpha value is -1.26. The summed E-state index contributed by atoms with van der Waals surface area (Å²) in [5.41, 5.74) is 0. The first-order valence-corrected chi connectivity index (χ1v) is 5.85. The van der Waals surface area contributed by atoms with Gasteiger partial charge >= 0.3 is 0 Å². The molecule has 0 saturated carbocycles. The fourth-order valence-corrected chi connectivity index (χ4v) is 1.02. The standard InChI is InChI=1S/C14H20O3/c1-2-13(16)9-5-3-4-6-10-14(17)11-7-8-12-15/h6,10,13-17H,2,7-8,11-12H2,1H3. The summed E-state index contributed by atoms with van der Waals surface area (Å²) < 4.78 is 0. The van der Waals surface area contributed by atoms with Crippen molar-refractivity contribution in [3.05, 3.63) is 12.2 Å². The zero-order chi connectivity index (χ0) is 12.9. The summed E-state index contributed by atoms with van der Waals surface area (Å²) in [5.74, 6) is 10.3. The maximum Gasteiger partial charge on any atom is 0.115 e. The molecule has 3 heteroatoms. The van der Waals surface area contributed by atoms with Crippen LogP contribution in [0, 0.1) is 23.7 Å². The van der Waals surface area contributed by atoms with Crippen LogP contribution in [0.4, 0.5) is 0 Å². The van der Waals surface area contributed by atoms with Crippen molar-refractivity contribution in [2.75, 3.05) is 6.61 Å². The second-order valence-corrected chi connectivity index (χ2v) is 3.61. The van der Waals surface area contributed by atoms with Gasteiger partial charge in [0.25, 0.3) is 0 Å². The quantitative estimate of drug-likeness (QED) is 0.473. The van der Waals surface area contributed by atoms with Gasteiger partial charge in [-0.25, -0.2) is 0 Å². The number of hydrogen-bond acceptors (Lipinski definition) is 3. The first kappa shape index (κ1) is 15.7. The summed E-state index contributed by atoms with van der Waals surface area (Å²) in [5, 5.41) is 27.1. The van der Waals surface area contributed by atoms with Crippen molar-refractivity contribution >= 4 is 0 Å². The van der Waals surface area contributed by atoms with Crippen molar-refractivity contribution in [1.29, 1.82) is 0 Å². The van der Waals surface area contributed by atoms with Gasteiger partial charge in [-0.15, -0.1) is 0 Å². The molecule has 17 heavy (non-hydrogen) atoms. The molecule has 0 aliphatic carbocycles. The van der Waals surface area contributed by atoms with Crippen LogP contribution in [0.2, 0.25) is 0 Å². The molecule has 3 N–H and O–H groups in total. The van der Waals surface area contributed by atoms with E-state index < -0.39 is 12.2 Å². The summed E-state index contributed by atoms with van der Waals surface area (Å²) in [4.78, 5) is 0. The van der Waals surface area contributed by atoms with Crippen molar-refractivity contribution in [3.8, 4) is 23.7 Å². The lowest BCUT2D eigenvalue weighted by atomic mass is 10.1. The van der Waals surface area contributed by atoms with Crippen LogP contribution in [0.1, 0.15) is 32.6 Å². The predicted molar refractivity (Wildman–Crippen MR) is 67.9 cm³/mol. The van der Waals surface area contributed by atoms with Gasteiger partial charge in [-0.3, -0.25) is 0 Å². The van der Waals surface area contributed by atoms with Crippen LogP contribution in [0.15, 0.2) is 12.2 Å². The maximum atomic E-state index is 9.45. The van der Waals surface area contributed by atoms with E-state index in [-0.39, 0.29) is 6.61 Å². The molecule has 0 saturated heterocycles. The molecule has 0 aromatic rings. The van der Waals surface area contributed by atoms with Gasteiger partial charge < -0.3 is 15.3 Å². The molecule has 0 aromatic carbocycles. The Morgan fingerprint density at radius 2 is 1.94 bits per heavy atom. The van der Waals surface area contributed by atoms with Crippen LogP contribution in [-0.2, 0) is 0 Å². The summed E-state index contributed by atoms with van der Waals surface area (Å²) in [6, 6.07) is 0. The van der Waals surface area contributed by atoms with E-state index in [0.29, 0.717) is 19.3 Å². The Morgan fingerprint density at radius 1 is 1.18 bits per heavy atom. The Bertz CT molecular complexity index is 325. The Morgan fingerprint density at radius 3 is 2.59 bits per heavy atom. The summed E-state index contributed by atoms with van der Waals surface area (Å²) in [6.45, 7) is 2.00. The Labute approximate surface area is 103 Å². The molecule has 0 radical (unpaired) electrons. The minimum absolute atomic E-state index is 0.158. The molecular formula is C14H20O3. The highest BCUT2D eigenvalue weighted by Gasteiger charge is 1.96. The topological polar surface area (TPSA) is 60.7 Å². The largest absolute Gasteiger partial charge is 0.396 e. The number of aliphatic hydroxyl groups excluding tert-OH is 3. The normalized spacial score (nSPS) is 13.4. The molecule has 0 aliphatic rings. The Kier molecular flexibility index (Phi) is 10.4. The van der Waals surface area contributed by atoms with E-state index >= 15 is 0 Å². The molecule has 2 atom stereocenters. The van der Waals surface area contributed by atoms with Gasteiger partial charge in [0.1, 0.15) is 6.10 Å². The Balaban J connectivity index is 3.84. The molecule has 0 rings (SSSR count). The van der Waals surface area contributed by atoms with E-state index in [1.54, 1.807) is 12.2 Å². The third-order valence-corrected chi connectivity index (χ3v) is 2.07. The van der Waals surface area contributed by atoms with Crippen molar-refractivity contribution in [2.45, 2.75) is 44.8 Å². The van der Waals surface area contributed by atoms with Crippen LogP contribution in [0.3, 0.4) is 0 Å².